The van der Waals surface area contributed by atoms with Crippen molar-refractivity contribution in [2.45, 2.75) is 25.4 Å². The fraction of sp³-hybridized carbons (Fsp3) is 0.385. The maximum absolute atomic E-state index is 5.98. The van der Waals surface area contributed by atoms with E-state index in [2.05, 4.69) is 34.2 Å². The second-order valence-corrected chi connectivity index (χ2v) is 4.76. The molecule has 2 aromatic rings. The van der Waals surface area contributed by atoms with Crippen molar-refractivity contribution in [2.24, 2.45) is 5.73 Å². The van der Waals surface area contributed by atoms with Gasteiger partial charge in [0.1, 0.15) is 0 Å². The smallest absolute Gasteiger partial charge is 0.152 e. The third-order valence-electron chi connectivity index (χ3n) is 3.38. The summed E-state index contributed by atoms with van der Waals surface area (Å²) in [5.74, 6) is 0.934. The van der Waals surface area contributed by atoms with Gasteiger partial charge < -0.3 is 10.6 Å². The normalized spacial score (nSPS) is 24.5. The zero-order chi connectivity index (χ0) is 11.8. The summed E-state index contributed by atoms with van der Waals surface area (Å²) in [5.41, 5.74) is 6.91. The first-order valence-electron chi connectivity index (χ1n) is 5.99. The first-order chi connectivity index (χ1) is 8.24. The van der Waals surface area contributed by atoms with Crippen LogP contribution in [0.3, 0.4) is 0 Å². The molecule has 0 saturated carbocycles. The largest absolute Gasteiger partial charge is 0.351 e. The lowest BCUT2D eigenvalue weighted by Gasteiger charge is -2.21. The third kappa shape index (κ3) is 1.85. The maximum Gasteiger partial charge on any atom is 0.152 e. The maximum atomic E-state index is 5.98. The zero-order valence-electron chi connectivity index (χ0n) is 9.87. The molecule has 88 valence electrons. The SMILES string of the molecule is C[C@H]1C[C@H](N)CN1c1cc2ccccc2nn1. The summed E-state index contributed by atoms with van der Waals surface area (Å²) >= 11 is 0. The minimum Gasteiger partial charge on any atom is -0.351 e. The van der Waals surface area contributed by atoms with E-state index >= 15 is 0 Å². The van der Waals surface area contributed by atoms with Gasteiger partial charge in [0, 0.05) is 24.0 Å². The number of nitrogens with zero attached hydrogens (tertiary/aromatic N) is 3. The predicted molar refractivity (Wildman–Crippen MR) is 68.9 cm³/mol. The molecule has 1 aliphatic rings. The highest BCUT2D eigenvalue weighted by atomic mass is 15.3. The number of benzene rings is 1. The van der Waals surface area contributed by atoms with Crippen LogP contribution in [-0.4, -0.2) is 28.8 Å². The Morgan fingerprint density at radius 2 is 2.12 bits per heavy atom. The van der Waals surface area contributed by atoms with Crippen LogP contribution in [0.25, 0.3) is 10.9 Å². The van der Waals surface area contributed by atoms with Gasteiger partial charge in [0.25, 0.3) is 0 Å². The number of fused-ring (bicyclic) bond motifs is 1. The standard InChI is InChI=1S/C13H16N4/c1-9-6-11(14)8-17(9)13-7-10-4-2-3-5-12(10)15-16-13/h2-5,7,9,11H,6,8,14H2,1H3/t9-,11-/m0/s1. The topological polar surface area (TPSA) is 55.0 Å². The van der Waals surface area contributed by atoms with Crippen LogP contribution >= 0.6 is 0 Å². The summed E-state index contributed by atoms with van der Waals surface area (Å²) in [6, 6.07) is 10.8. The van der Waals surface area contributed by atoms with Crippen LogP contribution in [-0.2, 0) is 0 Å². The molecule has 0 amide bonds. The van der Waals surface area contributed by atoms with E-state index < -0.39 is 0 Å². The predicted octanol–water partition coefficient (Wildman–Crippen LogP) is 1.56. The van der Waals surface area contributed by atoms with Crippen molar-refractivity contribution in [3.63, 3.8) is 0 Å². The Balaban J connectivity index is 2.00. The molecule has 0 unspecified atom stereocenters. The van der Waals surface area contributed by atoms with Crippen LogP contribution in [0.4, 0.5) is 5.82 Å². The monoisotopic (exact) mass is 228 g/mol. The van der Waals surface area contributed by atoms with Gasteiger partial charge in [-0.15, -0.1) is 10.2 Å². The van der Waals surface area contributed by atoms with Gasteiger partial charge >= 0.3 is 0 Å². The summed E-state index contributed by atoms with van der Waals surface area (Å²) in [7, 11) is 0. The van der Waals surface area contributed by atoms with Crippen molar-refractivity contribution in [1.82, 2.24) is 10.2 Å². The fourth-order valence-electron chi connectivity index (χ4n) is 2.51. The van der Waals surface area contributed by atoms with Crippen molar-refractivity contribution in [3.8, 4) is 0 Å². The summed E-state index contributed by atoms with van der Waals surface area (Å²) in [5, 5.41) is 9.68. The molecule has 1 saturated heterocycles. The van der Waals surface area contributed by atoms with Gasteiger partial charge in [0.2, 0.25) is 0 Å². The molecule has 0 radical (unpaired) electrons. The molecule has 17 heavy (non-hydrogen) atoms. The third-order valence-corrected chi connectivity index (χ3v) is 3.38. The average Bonchev–Trinajstić information content (AvgIpc) is 2.68. The zero-order valence-corrected chi connectivity index (χ0v) is 9.87. The van der Waals surface area contributed by atoms with E-state index in [-0.39, 0.29) is 6.04 Å². The second kappa shape index (κ2) is 3.96. The molecule has 4 nitrogen and oxygen atoms in total. The molecule has 1 aromatic carbocycles. The number of anilines is 1. The van der Waals surface area contributed by atoms with Crippen molar-refractivity contribution < 1.29 is 0 Å². The Morgan fingerprint density at radius 3 is 2.88 bits per heavy atom. The molecule has 3 rings (SSSR count). The molecule has 2 N–H and O–H groups in total. The Kier molecular flexibility index (Phi) is 2.44. The lowest BCUT2D eigenvalue weighted by molar-refractivity contribution is 0.687. The minimum atomic E-state index is 0.248. The van der Waals surface area contributed by atoms with E-state index in [0.29, 0.717) is 6.04 Å². The van der Waals surface area contributed by atoms with Gasteiger partial charge in [-0.05, 0) is 25.5 Å². The van der Waals surface area contributed by atoms with Crippen molar-refractivity contribution >= 4 is 16.7 Å². The van der Waals surface area contributed by atoms with Crippen LogP contribution in [0.15, 0.2) is 30.3 Å². The second-order valence-electron chi connectivity index (χ2n) is 4.76. The van der Waals surface area contributed by atoms with Crippen LogP contribution in [0, 0.1) is 0 Å². The Hall–Kier alpha value is -1.68. The summed E-state index contributed by atoms with van der Waals surface area (Å²) < 4.78 is 0. The first-order valence-corrected chi connectivity index (χ1v) is 5.99. The van der Waals surface area contributed by atoms with Crippen LogP contribution in [0.1, 0.15) is 13.3 Å². The molecule has 0 bridgehead atoms. The molecule has 1 fully saturated rings. The van der Waals surface area contributed by atoms with Crippen LogP contribution < -0.4 is 10.6 Å². The summed E-state index contributed by atoms with van der Waals surface area (Å²) in [6.45, 7) is 3.05. The van der Waals surface area contributed by atoms with Gasteiger partial charge in [0.15, 0.2) is 5.82 Å². The summed E-state index contributed by atoms with van der Waals surface area (Å²) in [4.78, 5) is 2.24. The van der Waals surface area contributed by atoms with Gasteiger partial charge in [0.05, 0.1) is 5.52 Å². The molecular formula is C13H16N4. The number of hydrogen-bond donors (Lipinski definition) is 1. The molecule has 4 heteroatoms. The van der Waals surface area contributed by atoms with Crippen molar-refractivity contribution in [3.05, 3.63) is 30.3 Å². The van der Waals surface area contributed by atoms with Gasteiger partial charge in [-0.1, -0.05) is 18.2 Å². The number of aromatic nitrogens is 2. The van der Waals surface area contributed by atoms with Crippen molar-refractivity contribution in [2.75, 3.05) is 11.4 Å². The number of nitrogens with two attached hydrogens (primary N) is 1. The van der Waals surface area contributed by atoms with Crippen molar-refractivity contribution in [1.29, 1.82) is 0 Å². The van der Waals surface area contributed by atoms with Gasteiger partial charge in [-0.3, -0.25) is 0 Å². The molecule has 0 aliphatic carbocycles. The molecular weight excluding hydrogens is 212 g/mol. The lowest BCUT2D eigenvalue weighted by atomic mass is 10.2. The van der Waals surface area contributed by atoms with E-state index in [1.807, 2.05) is 18.2 Å². The molecule has 0 spiro atoms. The van der Waals surface area contributed by atoms with Gasteiger partial charge in [-0.25, -0.2) is 0 Å². The van der Waals surface area contributed by atoms with Gasteiger partial charge in [-0.2, -0.15) is 0 Å². The van der Waals surface area contributed by atoms with E-state index in [0.717, 1.165) is 29.7 Å². The number of rotatable bonds is 1. The fourth-order valence-corrected chi connectivity index (χ4v) is 2.51. The quantitative estimate of drug-likeness (QED) is 0.804. The molecule has 1 aliphatic heterocycles. The Labute approximate surface area is 100 Å². The van der Waals surface area contributed by atoms with E-state index in [1.165, 1.54) is 0 Å². The highest BCUT2D eigenvalue weighted by Gasteiger charge is 2.27. The highest BCUT2D eigenvalue weighted by molar-refractivity contribution is 5.80. The van der Waals surface area contributed by atoms with E-state index in [9.17, 15) is 0 Å². The molecule has 2 atom stereocenters. The lowest BCUT2D eigenvalue weighted by Crippen LogP contribution is -2.30. The first kappa shape index (κ1) is 10.5. The van der Waals surface area contributed by atoms with E-state index in [4.69, 9.17) is 5.73 Å². The van der Waals surface area contributed by atoms with Crippen LogP contribution in [0.2, 0.25) is 0 Å². The highest BCUT2D eigenvalue weighted by Crippen LogP contribution is 2.24. The number of hydrogen-bond acceptors (Lipinski definition) is 4. The minimum absolute atomic E-state index is 0.248. The Bertz CT molecular complexity index is 540. The van der Waals surface area contributed by atoms with E-state index in [1.54, 1.807) is 0 Å². The van der Waals surface area contributed by atoms with Crippen LogP contribution in [0.5, 0.6) is 0 Å². The Morgan fingerprint density at radius 1 is 1.29 bits per heavy atom. The summed E-state index contributed by atoms with van der Waals surface area (Å²) in [6.07, 6.45) is 1.02. The molecule has 2 heterocycles. The average molecular weight is 228 g/mol. The molecule has 1 aromatic heterocycles.